The van der Waals surface area contributed by atoms with Gasteiger partial charge < -0.3 is 10.6 Å². The lowest BCUT2D eigenvalue weighted by Gasteiger charge is -2.17. The Bertz CT molecular complexity index is 865. The van der Waals surface area contributed by atoms with Gasteiger partial charge in [0.05, 0.1) is 4.90 Å². The van der Waals surface area contributed by atoms with Crippen LogP contribution in [-0.4, -0.2) is 33.3 Å². The molecule has 1 heterocycles. The maximum atomic E-state index is 13.1. The highest BCUT2D eigenvalue weighted by Crippen LogP contribution is 2.31. The molecular weight excluding hydrogens is 391 g/mol. The lowest BCUT2D eigenvalue weighted by Crippen LogP contribution is -2.42. The Morgan fingerprint density at radius 2 is 1.78 bits per heavy atom. The Balaban J connectivity index is 2.15. The van der Waals surface area contributed by atoms with Crippen molar-refractivity contribution >= 4 is 33.0 Å². The van der Waals surface area contributed by atoms with Gasteiger partial charge in [0.2, 0.25) is 0 Å². The van der Waals surface area contributed by atoms with Crippen LogP contribution in [0.1, 0.15) is 29.9 Å². The van der Waals surface area contributed by atoms with Crippen molar-refractivity contribution in [3.63, 3.8) is 0 Å². The second-order valence-electron chi connectivity index (χ2n) is 5.82. The number of unbranched alkanes of at least 4 members (excludes halogenated alkanes) is 1. The molecule has 0 aliphatic heterocycles. The lowest BCUT2D eigenvalue weighted by molar-refractivity contribution is -0.139. The Labute approximate surface area is 161 Å². The summed E-state index contributed by atoms with van der Waals surface area (Å²) in [7, 11) is -3.89. The van der Waals surface area contributed by atoms with Gasteiger partial charge in [0.15, 0.2) is 9.84 Å². The molecule has 0 radical (unpaired) electrons. The van der Waals surface area contributed by atoms with Gasteiger partial charge in [-0.2, -0.15) is 0 Å². The Kier molecular flexibility index (Phi) is 7.49. The molecule has 1 atom stereocenters. The van der Waals surface area contributed by atoms with E-state index in [9.17, 15) is 22.4 Å². The molecule has 1 aromatic heterocycles. The fourth-order valence-corrected chi connectivity index (χ4v) is 5.14. The number of halogens is 1. The number of thiophene rings is 1. The number of sulfone groups is 1. The topological polar surface area (TPSA) is 92.3 Å². The molecule has 0 bridgehead atoms. The molecule has 2 rings (SSSR count). The van der Waals surface area contributed by atoms with Gasteiger partial charge in [-0.05, 0) is 42.1 Å². The summed E-state index contributed by atoms with van der Waals surface area (Å²) in [6, 6.07) is 7.85. The van der Waals surface area contributed by atoms with E-state index in [1.165, 1.54) is 23.5 Å². The van der Waals surface area contributed by atoms with Gasteiger partial charge in [0.25, 0.3) is 0 Å². The van der Waals surface area contributed by atoms with E-state index in [4.69, 9.17) is 0 Å². The largest absolute Gasteiger partial charge is 0.348 e. The highest BCUT2D eigenvalue weighted by atomic mass is 32.2. The highest BCUT2D eigenvalue weighted by Gasteiger charge is 2.31. The zero-order valence-corrected chi connectivity index (χ0v) is 16.4. The summed E-state index contributed by atoms with van der Waals surface area (Å²) < 4.78 is 39.1. The fourth-order valence-electron chi connectivity index (χ4n) is 2.35. The Morgan fingerprint density at radius 1 is 1.11 bits per heavy atom. The van der Waals surface area contributed by atoms with Crippen molar-refractivity contribution in [1.82, 2.24) is 10.6 Å². The van der Waals surface area contributed by atoms with Crippen molar-refractivity contribution in [1.29, 1.82) is 0 Å². The zero-order valence-electron chi connectivity index (χ0n) is 14.8. The third-order valence-electron chi connectivity index (χ3n) is 3.85. The second kappa shape index (κ2) is 9.61. The van der Waals surface area contributed by atoms with Crippen LogP contribution in [0.5, 0.6) is 0 Å². The summed E-state index contributed by atoms with van der Waals surface area (Å²) >= 11 is 1.23. The number of benzene rings is 1. The first-order chi connectivity index (χ1) is 12.9. The summed E-state index contributed by atoms with van der Waals surface area (Å²) in [5.74, 6) is -2.23. The third kappa shape index (κ3) is 5.61. The first kappa shape index (κ1) is 21.0. The molecule has 0 aliphatic carbocycles. The average Bonchev–Trinajstić information content (AvgIpc) is 3.16. The van der Waals surface area contributed by atoms with Gasteiger partial charge in [-0.3, -0.25) is 9.59 Å². The molecule has 0 fully saturated rings. The van der Waals surface area contributed by atoms with Gasteiger partial charge in [0.1, 0.15) is 11.1 Å². The van der Waals surface area contributed by atoms with Gasteiger partial charge in [-0.15, -0.1) is 11.3 Å². The van der Waals surface area contributed by atoms with Crippen LogP contribution in [0.4, 0.5) is 4.39 Å². The smallest absolute Gasteiger partial charge is 0.309 e. The summed E-state index contributed by atoms with van der Waals surface area (Å²) in [4.78, 5) is 24.2. The molecule has 2 N–H and O–H groups in total. The summed E-state index contributed by atoms with van der Waals surface area (Å²) in [5.41, 5.74) is 0. The predicted molar refractivity (Wildman–Crippen MR) is 102 cm³/mol. The third-order valence-corrected chi connectivity index (χ3v) is 7.08. The number of carbonyl (C=O) groups is 2. The standard InChI is InChI=1S/C18H21FN2O4S2/c1-2-3-10-20-17(22)18(23)21-12-16(15-5-4-11-26-15)27(24,25)14-8-6-13(19)7-9-14/h4-9,11,16H,2-3,10,12H2,1H3,(H,20,22)(H,21,23). The molecule has 0 saturated carbocycles. The monoisotopic (exact) mass is 412 g/mol. The molecule has 6 nitrogen and oxygen atoms in total. The van der Waals surface area contributed by atoms with Crippen molar-refractivity contribution in [2.45, 2.75) is 29.9 Å². The van der Waals surface area contributed by atoms with Gasteiger partial charge in [-0.1, -0.05) is 19.4 Å². The van der Waals surface area contributed by atoms with Gasteiger partial charge in [0, 0.05) is 18.0 Å². The molecule has 2 amide bonds. The first-order valence-electron chi connectivity index (χ1n) is 8.45. The summed E-state index contributed by atoms with van der Waals surface area (Å²) in [6.45, 7) is 2.07. The Morgan fingerprint density at radius 3 is 2.37 bits per heavy atom. The van der Waals surface area contributed by atoms with Crippen LogP contribution < -0.4 is 10.6 Å². The molecule has 27 heavy (non-hydrogen) atoms. The van der Waals surface area contributed by atoms with Gasteiger partial charge >= 0.3 is 11.8 Å². The Hall–Kier alpha value is -2.26. The van der Waals surface area contributed by atoms with E-state index in [1.807, 2.05) is 6.92 Å². The van der Waals surface area contributed by atoms with Crippen LogP contribution in [0.15, 0.2) is 46.7 Å². The molecule has 1 unspecified atom stereocenters. The molecule has 0 spiro atoms. The fraction of sp³-hybridized carbons (Fsp3) is 0.333. The van der Waals surface area contributed by atoms with E-state index < -0.39 is 32.7 Å². The minimum Gasteiger partial charge on any atom is -0.348 e. The van der Waals surface area contributed by atoms with Gasteiger partial charge in [-0.25, -0.2) is 12.8 Å². The number of carbonyl (C=O) groups excluding carboxylic acids is 2. The summed E-state index contributed by atoms with van der Waals surface area (Å²) in [6.07, 6.45) is 1.62. The number of rotatable bonds is 8. The van der Waals surface area contributed by atoms with E-state index >= 15 is 0 Å². The highest BCUT2D eigenvalue weighted by molar-refractivity contribution is 7.91. The maximum Gasteiger partial charge on any atom is 0.309 e. The second-order valence-corrected chi connectivity index (χ2v) is 8.93. The molecule has 2 aromatic rings. The molecule has 146 valence electrons. The lowest BCUT2D eigenvalue weighted by atomic mass is 10.3. The van der Waals surface area contributed by atoms with Crippen LogP contribution in [-0.2, 0) is 19.4 Å². The van der Waals surface area contributed by atoms with E-state index in [0.717, 1.165) is 25.0 Å². The van der Waals surface area contributed by atoms with E-state index in [2.05, 4.69) is 10.6 Å². The van der Waals surface area contributed by atoms with E-state index in [-0.39, 0.29) is 11.4 Å². The quantitative estimate of drug-likeness (QED) is 0.396. The average molecular weight is 413 g/mol. The minimum absolute atomic E-state index is 0.0519. The molecule has 1 aromatic carbocycles. The molecule has 0 aliphatic rings. The van der Waals surface area contributed by atoms with Crippen LogP contribution in [0.3, 0.4) is 0 Å². The van der Waals surface area contributed by atoms with Crippen LogP contribution in [0.25, 0.3) is 0 Å². The number of nitrogens with one attached hydrogen (secondary N) is 2. The van der Waals surface area contributed by atoms with Crippen LogP contribution in [0, 0.1) is 5.82 Å². The van der Waals surface area contributed by atoms with Crippen molar-refractivity contribution in [2.24, 2.45) is 0 Å². The van der Waals surface area contributed by atoms with E-state index in [1.54, 1.807) is 17.5 Å². The number of amides is 2. The van der Waals surface area contributed by atoms with Crippen molar-refractivity contribution in [3.8, 4) is 0 Å². The first-order valence-corrected chi connectivity index (χ1v) is 10.9. The molecule has 0 saturated heterocycles. The van der Waals surface area contributed by atoms with Crippen LogP contribution in [0.2, 0.25) is 0 Å². The minimum atomic E-state index is -3.89. The van der Waals surface area contributed by atoms with Crippen molar-refractivity contribution in [3.05, 3.63) is 52.5 Å². The molecular formula is C18H21FN2O4S2. The van der Waals surface area contributed by atoms with E-state index in [0.29, 0.717) is 11.4 Å². The number of hydrogen-bond donors (Lipinski definition) is 2. The molecule has 9 heteroatoms. The summed E-state index contributed by atoms with van der Waals surface area (Å²) in [5, 5.41) is 5.52. The van der Waals surface area contributed by atoms with Crippen LogP contribution >= 0.6 is 11.3 Å². The normalized spacial score (nSPS) is 12.4. The van der Waals surface area contributed by atoms with Crippen molar-refractivity contribution in [2.75, 3.05) is 13.1 Å². The maximum absolute atomic E-state index is 13.1. The van der Waals surface area contributed by atoms with Crippen molar-refractivity contribution < 1.29 is 22.4 Å². The number of hydrogen-bond acceptors (Lipinski definition) is 5. The zero-order chi connectivity index (χ0) is 19.9. The SMILES string of the molecule is CCCCNC(=O)C(=O)NCC(c1cccs1)S(=O)(=O)c1ccc(F)cc1. The predicted octanol–water partition coefficient (Wildman–Crippen LogP) is 2.43.